The van der Waals surface area contributed by atoms with Crippen molar-refractivity contribution in [1.29, 1.82) is 0 Å². The van der Waals surface area contributed by atoms with Crippen molar-refractivity contribution in [2.75, 3.05) is 46.4 Å². The number of rotatable bonds is 5. The summed E-state index contributed by atoms with van der Waals surface area (Å²) in [5, 5.41) is 8.72. The monoisotopic (exact) mass is 186 g/mol. The highest BCUT2D eigenvalue weighted by Crippen LogP contribution is 2.07. The van der Waals surface area contributed by atoms with Gasteiger partial charge in [0.05, 0.1) is 6.61 Å². The molecule has 3 nitrogen and oxygen atoms in total. The lowest BCUT2D eigenvalue weighted by Crippen LogP contribution is -2.37. The minimum atomic E-state index is 0.274. The number of aliphatic hydroxyl groups excluding tert-OH is 1. The topological polar surface area (TPSA) is 26.7 Å². The number of nitrogens with zero attached hydrogens (tertiary/aromatic N) is 2. The van der Waals surface area contributed by atoms with E-state index in [1.54, 1.807) is 0 Å². The second-order valence-corrected chi connectivity index (χ2v) is 3.93. The predicted molar refractivity (Wildman–Crippen MR) is 54.9 cm³/mol. The number of aliphatic hydroxyl groups is 1. The molecule has 0 aromatic carbocycles. The lowest BCUT2D eigenvalue weighted by Gasteiger charge is -2.28. The third kappa shape index (κ3) is 4.60. The maximum absolute atomic E-state index is 8.72. The number of hydrogen-bond acceptors (Lipinski definition) is 3. The molecule has 13 heavy (non-hydrogen) atoms. The van der Waals surface area contributed by atoms with Gasteiger partial charge in [-0.2, -0.15) is 0 Å². The van der Waals surface area contributed by atoms with E-state index in [4.69, 9.17) is 5.11 Å². The first-order valence-electron chi connectivity index (χ1n) is 5.34. The van der Waals surface area contributed by atoms with E-state index in [2.05, 4.69) is 16.8 Å². The molecule has 78 valence electrons. The number of likely N-dealkylation sites (tertiary alicyclic amines) is 1. The third-order valence-electron chi connectivity index (χ3n) is 2.73. The molecular formula is C10H22N2O. The summed E-state index contributed by atoms with van der Waals surface area (Å²) in [4.78, 5) is 4.71. The first-order chi connectivity index (χ1) is 6.33. The average Bonchev–Trinajstić information content (AvgIpc) is 2.17. The molecule has 1 N–H and O–H groups in total. The van der Waals surface area contributed by atoms with Gasteiger partial charge in [0, 0.05) is 19.6 Å². The fourth-order valence-corrected chi connectivity index (χ4v) is 1.78. The molecular weight excluding hydrogens is 164 g/mol. The van der Waals surface area contributed by atoms with Crippen molar-refractivity contribution in [2.24, 2.45) is 0 Å². The average molecular weight is 186 g/mol. The van der Waals surface area contributed by atoms with Crippen LogP contribution < -0.4 is 0 Å². The van der Waals surface area contributed by atoms with Crippen molar-refractivity contribution in [1.82, 2.24) is 9.80 Å². The number of piperidine rings is 1. The molecule has 0 atom stereocenters. The van der Waals surface area contributed by atoms with Crippen molar-refractivity contribution in [3.8, 4) is 0 Å². The van der Waals surface area contributed by atoms with Gasteiger partial charge in [0.2, 0.25) is 0 Å². The van der Waals surface area contributed by atoms with Gasteiger partial charge in [-0.25, -0.2) is 0 Å². The summed E-state index contributed by atoms with van der Waals surface area (Å²) >= 11 is 0. The molecule has 1 aliphatic rings. The Morgan fingerprint density at radius 1 is 1.15 bits per heavy atom. The molecule has 1 heterocycles. The maximum Gasteiger partial charge on any atom is 0.0558 e. The Morgan fingerprint density at radius 3 is 2.46 bits per heavy atom. The van der Waals surface area contributed by atoms with Gasteiger partial charge in [-0.15, -0.1) is 0 Å². The van der Waals surface area contributed by atoms with E-state index in [-0.39, 0.29) is 6.61 Å². The van der Waals surface area contributed by atoms with E-state index in [1.165, 1.54) is 32.4 Å². The molecule has 3 heteroatoms. The molecule has 1 aliphatic heterocycles. The quantitative estimate of drug-likeness (QED) is 0.673. The van der Waals surface area contributed by atoms with Crippen molar-refractivity contribution < 1.29 is 5.11 Å². The molecule has 0 unspecified atom stereocenters. The van der Waals surface area contributed by atoms with Crippen LogP contribution in [0.15, 0.2) is 0 Å². The Balaban J connectivity index is 2.03. The Bertz CT molecular complexity index is 124. The Morgan fingerprint density at radius 2 is 1.85 bits per heavy atom. The number of likely N-dealkylation sites (N-methyl/N-ethyl adjacent to an activating group) is 1. The third-order valence-corrected chi connectivity index (χ3v) is 2.73. The molecule has 0 bridgehead atoms. The van der Waals surface area contributed by atoms with E-state index >= 15 is 0 Å². The molecule has 0 aliphatic carbocycles. The first-order valence-corrected chi connectivity index (χ1v) is 5.34. The molecule has 0 amide bonds. The molecule has 0 spiro atoms. The Hall–Kier alpha value is -0.120. The molecule has 1 saturated heterocycles. The SMILES string of the molecule is CN(CCO)CCN1CCCCC1. The van der Waals surface area contributed by atoms with Crippen molar-refractivity contribution in [3.05, 3.63) is 0 Å². The summed E-state index contributed by atoms with van der Waals surface area (Å²) in [5.41, 5.74) is 0. The van der Waals surface area contributed by atoms with Crippen LogP contribution in [0.4, 0.5) is 0 Å². The summed E-state index contributed by atoms with van der Waals surface area (Å²) in [6.07, 6.45) is 4.14. The molecule has 0 radical (unpaired) electrons. The van der Waals surface area contributed by atoms with Gasteiger partial charge in [-0.1, -0.05) is 6.42 Å². The maximum atomic E-state index is 8.72. The van der Waals surface area contributed by atoms with Crippen LogP contribution in [0.1, 0.15) is 19.3 Å². The Labute approximate surface area is 81.3 Å². The van der Waals surface area contributed by atoms with Crippen LogP contribution in [0.25, 0.3) is 0 Å². The highest BCUT2D eigenvalue weighted by Gasteiger charge is 2.09. The van der Waals surface area contributed by atoms with Crippen LogP contribution in [0.3, 0.4) is 0 Å². The standard InChI is InChI=1S/C10H22N2O/c1-11(9-10-13)7-8-12-5-3-2-4-6-12/h13H,2-10H2,1H3. The second-order valence-electron chi connectivity index (χ2n) is 3.93. The molecule has 1 rings (SSSR count). The van der Waals surface area contributed by atoms with Gasteiger partial charge >= 0.3 is 0 Å². The first kappa shape index (κ1) is 11.0. The normalized spacial score (nSPS) is 19.6. The summed E-state index contributed by atoms with van der Waals surface area (Å²) in [7, 11) is 2.07. The van der Waals surface area contributed by atoms with Gasteiger partial charge in [0.15, 0.2) is 0 Å². The lowest BCUT2D eigenvalue weighted by atomic mass is 10.1. The smallest absolute Gasteiger partial charge is 0.0558 e. The fourth-order valence-electron chi connectivity index (χ4n) is 1.78. The molecule has 0 aromatic rings. The summed E-state index contributed by atoms with van der Waals surface area (Å²) < 4.78 is 0. The van der Waals surface area contributed by atoms with Crippen molar-refractivity contribution in [2.45, 2.75) is 19.3 Å². The van der Waals surface area contributed by atoms with E-state index in [9.17, 15) is 0 Å². The van der Waals surface area contributed by atoms with Crippen LogP contribution >= 0.6 is 0 Å². The molecule has 0 saturated carbocycles. The van der Waals surface area contributed by atoms with Crippen molar-refractivity contribution in [3.63, 3.8) is 0 Å². The zero-order valence-corrected chi connectivity index (χ0v) is 8.71. The van der Waals surface area contributed by atoms with Crippen LogP contribution in [0, 0.1) is 0 Å². The summed E-state index contributed by atoms with van der Waals surface area (Å²) in [6, 6.07) is 0. The highest BCUT2D eigenvalue weighted by molar-refractivity contribution is 4.65. The minimum Gasteiger partial charge on any atom is -0.395 e. The van der Waals surface area contributed by atoms with E-state index < -0.39 is 0 Å². The second kappa shape index (κ2) is 6.35. The number of hydrogen-bond donors (Lipinski definition) is 1. The lowest BCUT2D eigenvalue weighted by molar-refractivity contribution is 0.175. The van der Waals surface area contributed by atoms with Gasteiger partial charge in [-0.3, -0.25) is 0 Å². The highest BCUT2D eigenvalue weighted by atomic mass is 16.3. The van der Waals surface area contributed by atoms with Gasteiger partial charge in [0.25, 0.3) is 0 Å². The van der Waals surface area contributed by atoms with Crippen LogP contribution in [-0.2, 0) is 0 Å². The van der Waals surface area contributed by atoms with E-state index in [0.29, 0.717) is 0 Å². The van der Waals surface area contributed by atoms with E-state index in [0.717, 1.165) is 19.6 Å². The minimum absolute atomic E-state index is 0.274. The van der Waals surface area contributed by atoms with Gasteiger partial charge in [0.1, 0.15) is 0 Å². The Kier molecular flexibility index (Phi) is 5.35. The van der Waals surface area contributed by atoms with Gasteiger partial charge in [-0.05, 0) is 33.0 Å². The predicted octanol–water partition coefficient (Wildman–Crippen LogP) is 0.396. The largest absolute Gasteiger partial charge is 0.395 e. The van der Waals surface area contributed by atoms with Crippen molar-refractivity contribution >= 4 is 0 Å². The van der Waals surface area contributed by atoms with Crippen LogP contribution in [0.2, 0.25) is 0 Å². The zero-order chi connectivity index (χ0) is 9.52. The molecule has 1 fully saturated rings. The van der Waals surface area contributed by atoms with Gasteiger partial charge < -0.3 is 14.9 Å². The molecule has 0 aromatic heterocycles. The van der Waals surface area contributed by atoms with Crippen LogP contribution in [0.5, 0.6) is 0 Å². The van der Waals surface area contributed by atoms with Crippen LogP contribution in [-0.4, -0.2) is 61.3 Å². The zero-order valence-electron chi connectivity index (χ0n) is 8.71. The summed E-state index contributed by atoms with van der Waals surface area (Å²) in [5.74, 6) is 0. The van der Waals surface area contributed by atoms with E-state index in [1.807, 2.05) is 0 Å². The fraction of sp³-hybridized carbons (Fsp3) is 1.00. The summed E-state index contributed by atoms with van der Waals surface area (Å²) in [6.45, 7) is 5.86.